The van der Waals surface area contributed by atoms with E-state index < -0.39 is 0 Å². The Balaban J connectivity index is 1.38. The van der Waals surface area contributed by atoms with E-state index in [2.05, 4.69) is 31.4 Å². The van der Waals surface area contributed by atoms with Crippen molar-refractivity contribution in [2.24, 2.45) is 0 Å². The number of pyridine rings is 1. The number of hydrogen-bond acceptors (Lipinski definition) is 5. The number of fused-ring (bicyclic) bond motifs is 3. The maximum Gasteiger partial charge on any atom is 0.274 e. The highest BCUT2D eigenvalue weighted by molar-refractivity contribution is 5.70. The van der Waals surface area contributed by atoms with Crippen LogP contribution in [-0.2, 0) is 32.1 Å². The molecule has 150 valence electrons. The molecule has 2 aliphatic carbocycles. The normalized spacial score (nSPS) is 14.8. The number of hydrogen-bond donors (Lipinski definition) is 2. The van der Waals surface area contributed by atoms with Crippen molar-refractivity contribution >= 4 is 17.4 Å². The molecule has 6 rings (SSSR count). The number of nitrogens with one attached hydrogen (secondary N) is 2. The summed E-state index contributed by atoms with van der Waals surface area (Å²) in [5.41, 5.74) is 8.30. The molecule has 0 amide bonds. The van der Waals surface area contributed by atoms with Gasteiger partial charge in [0.2, 0.25) is 5.95 Å². The summed E-state index contributed by atoms with van der Waals surface area (Å²) in [5, 5.41) is 6.60. The average molecular weight is 398 g/mol. The lowest BCUT2D eigenvalue weighted by Gasteiger charge is -2.15. The molecule has 0 aliphatic heterocycles. The molecule has 3 aromatic heterocycles. The van der Waals surface area contributed by atoms with Gasteiger partial charge in [0.15, 0.2) is 0 Å². The molecule has 0 saturated carbocycles. The fraction of sp³-hybridized carbons (Fsp3) is 0.304. The highest BCUT2D eigenvalue weighted by Gasteiger charge is 2.24. The highest BCUT2D eigenvalue weighted by Crippen LogP contribution is 2.39. The summed E-state index contributed by atoms with van der Waals surface area (Å²) < 4.78 is 1.40. The van der Waals surface area contributed by atoms with Crippen LogP contribution in [0.4, 0.5) is 11.6 Å². The van der Waals surface area contributed by atoms with Gasteiger partial charge in [-0.15, -0.1) is 0 Å². The Hall–Kier alpha value is -3.48. The third kappa shape index (κ3) is 2.89. The largest absolute Gasteiger partial charge is 0.324 e. The van der Waals surface area contributed by atoms with Gasteiger partial charge in [-0.1, -0.05) is 12.1 Å². The lowest BCUT2D eigenvalue weighted by atomic mass is 9.99. The van der Waals surface area contributed by atoms with E-state index in [1.807, 2.05) is 18.2 Å². The topological polar surface area (TPSA) is 88.0 Å². The Kier molecular flexibility index (Phi) is 3.94. The van der Waals surface area contributed by atoms with Gasteiger partial charge >= 0.3 is 0 Å². The molecule has 0 spiro atoms. The van der Waals surface area contributed by atoms with E-state index in [-0.39, 0.29) is 5.56 Å². The minimum absolute atomic E-state index is 0.171. The van der Waals surface area contributed by atoms with Crippen LogP contribution in [0.5, 0.6) is 0 Å². The average Bonchev–Trinajstić information content (AvgIpc) is 3.47. The van der Waals surface area contributed by atoms with Crippen LogP contribution in [0.25, 0.3) is 5.78 Å². The lowest BCUT2D eigenvalue weighted by Crippen LogP contribution is -2.16. The molecular formula is C23H22N6O. The second-order valence-corrected chi connectivity index (χ2v) is 8.15. The summed E-state index contributed by atoms with van der Waals surface area (Å²) in [7, 11) is 0. The van der Waals surface area contributed by atoms with Crippen molar-refractivity contribution in [2.45, 2.75) is 44.9 Å². The van der Waals surface area contributed by atoms with Gasteiger partial charge in [-0.25, -0.2) is 4.98 Å². The third-order valence-corrected chi connectivity index (χ3v) is 6.19. The lowest BCUT2D eigenvalue weighted by molar-refractivity contribution is 0.876. The number of aromatic amines is 1. The summed E-state index contributed by atoms with van der Waals surface area (Å²) in [4.78, 5) is 26.1. The molecular weight excluding hydrogens is 376 g/mol. The van der Waals surface area contributed by atoms with Crippen molar-refractivity contribution < 1.29 is 0 Å². The van der Waals surface area contributed by atoms with Crippen LogP contribution < -0.4 is 10.9 Å². The van der Waals surface area contributed by atoms with Gasteiger partial charge in [0.25, 0.3) is 11.3 Å². The molecule has 3 heterocycles. The molecule has 0 fully saturated rings. The Morgan fingerprint density at radius 3 is 2.50 bits per heavy atom. The van der Waals surface area contributed by atoms with Gasteiger partial charge in [-0.3, -0.25) is 14.9 Å². The highest BCUT2D eigenvalue weighted by atomic mass is 16.1. The fourth-order valence-electron chi connectivity index (χ4n) is 4.85. The van der Waals surface area contributed by atoms with Crippen LogP contribution in [0.15, 0.2) is 41.3 Å². The van der Waals surface area contributed by atoms with Crippen LogP contribution in [0.3, 0.4) is 0 Å². The van der Waals surface area contributed by atoms with E-state index in [0.717, 1.165) is 31.4 Å². The molecule has 30 heavy (non-hydrogen) atoms. The monoisotopic (exact) mass is 398 g/mol. The van der Waals surface area contributed by atoms with E-state index in [4.69, 9.17) is 0 Å². The van der Waals surface area contributed by atoms with Crippen molar-refractivity contribution in [3.05, 3.63) is 80.5 Å². The van der Waals surface area contributed by atoms with Gasteiger partial charge in [0.1, 0.15) is 0 Å². The predicted molar refractivity (Wildman–Crippen MR) is 114 cm³/mol. The molecule has 7 nitrogen and oxygen atoms in total. The number of aryl methyl sites for hydroxylation is 2. The van der Waals surface area contributed by atoms with Crippen molar-refractivity contribution in [2.75, 3.05) is 5.32 Å². The summed E-state index contributed by atoms with van der Waals surface area (Å²) in [6, 6.07) is 9.68. The molecule has 0 atom stereocenters. The SMILES string of the molecule is O=c1cc(Cc2ccccn2)nc2nc(Nc3c4c(cc5c3CCC5)CCC4)[nH]n12. The quantitative estimate of drug-likeness (QED) is 0.551. The number of nitrogens with zero attached hydrogens (tertiary/aromatic N) is 4. The van der Waals surface area contributed by atoms with E-state index in [1.165, 1.54) is 45.3 Å². The fourth-order valence-corrected chi connectivity index (χ4v) is 4.85. The molecule has 0 unspecified atom stereocenters. The van der Waals surface area contributed by atoms with Crippen LogP contribution in [0.1, 0.15) is 46.5 Å². The predicted octanol–water partition coefficient (Wildman–Crippen LogP) is 3.12. The van der Waals surface area contributed by atoms with E-state index in [1.54, 1.807) is 12.3 Å². The van der Waals surface area contributed by atoms with E-state index >= 15 is 0 Å². The zero-order chi connectivity index (χ0) is 20.1. The van der Waals surface area contributed by atoms with Crippen LogP contribution >= 0.6 is 0 Å². The van der Waals surface area contributed by atoms with Crippen molar-refractivity contribution in [1.29, 1.82) is 0 Å². The first-order valence-corrected chi connectivity index (χ1v) is 10.6. The summed E-state index contributed by atoms with van der Waals surface area (Å²) >= 11 is 0. The van der Waals surface area contributed by atoms with E-state index in [9.17, 15) is 4.79 Å². The Morgan fingerprint density at radius 1 is 0.967 bits per heavy atom. The Morgan fingerprint density at radius 2 is 1.77 bits per heavy atom. The molecule has 2 N–H and O–H groups in total. The smallest absolute Gasteiger partial charge is 0.274 e. The molecule has 0 saturated heterocycles. The zero-order valence-corrected chi connectivity index (χ0v) is 16.6. The van der Waals surface area contributed by atoms with Crippen molar-refractivity contribution in [1.82, 2.24) is 24.6 Å². The van der Waals surface area contributed by atoms with Crippen LogP contribution in [0.2, 0.25) is 0 Å². The van der Waals surface area contributed by atoms with Gasteiger partial charge < -0.3 is 5.32 Å². The minimum atomic E-state index is -0.171. The number of benzene rings is 1. The maximum absolute atomic E-state index is 12.6. The van der Waals surface area contributed by atoms with Gasteiger partial charge in [-0.05, 0) is 72.9 Å². The molecule has 0 radical (unpaired) electrons. The summed E-state index contributed by atoms with van der Waals surface area (Å²) in [5.74, 6) is 0.934. The Bertz CT molecular complexity index is 1290. The van der Waals surface area contributed by atoms with Gasteiger partial charge in [-0.2, -0.15) is 9.50 Å². The third-order valence-electron chi connectivity index (χ3n) is 6.19. The maximum atomic E-state index is 12.6. The van der Waals surface area contributed by atoms with Gasteiger partial charge in [0, 0.05) is 30.1 Å². The molecule has 7 heteroatoms. The first-order chi connectivity index (χ1) is 14.7. The first kappa shape index (κ1) is 17.4. The number of aromatic nitrogens is 5. The number of anilines is 2. The second-order valence-electron chi connectivity index (χ2n) is 8.15. The van der Waals surface area contributed by atoms with Gasteiger partial charge in [0.05, 0.1) is 5.69 Å². The van der Waals surface area contributed by atoms with Crippen LogP contribution in [0, 0.1) is 0 Å². The number of H-pyrrole nitrogens is 1. The van der Waals surface area contributed by atoms with E-state index in [0.29, 0.717) is 23.8 Å². The summed E-state index contributed by atoms with van der Waals surface area (Å²) in [6.07, 6.45) is 9.13. The minimum Gasteiger partial charge on any atom is -0.324 e. The van der Waals surface area contributed by atoms with Crippen LogP contribution in [-0.4, -0.2) is 24.6 Å². The van der Waals surface area contributed by atoms with Crippen molar-refractivity contribution in [3.8, 4) is 0 Å². The number of rotatable bonds is 4. The standard InChI is InChI=1S/C23H22N6O/c30-20-13-17(12-16-7-1-2-10-24-16)25-23-27-22(28-29(20)23)26-21-18-8-3-5-14(18)11-15-6-4-9-19(15)21/h1-2,7,10-11,13H,3-6,8-9,12H2,(H2,25,26,27,28). The zero-order valence-electron chi connectivity index (χ0n) is 16.6. The molecule has 4 aromatic rings. The van der Waals surface area contributed by atoms with Crippen molar-refractivity contribution in [3.63, 3.8) is 0 Å². The Labute approximate surface area is 173 Å². The summed E-state index contributed by atoms with van der Waals surface area (Å²) in [6.45, 7) is 0. The molecule has 2 aliphatic rings. The first-order valence-electron chi connectivity index (χ1n) is 10.6. The molecule has 0 bridgehead atoms. The second kappa shape index (κ2) is 6.79. The molecule has 1 aromatic carbocycles.